The summed E-state index contributed by atoms with van der Waals surface area (Å²) in [4.78, 5) is 36.7. The van der Waals surface area contributed by atoms with Crippen LogP contribution in [0.25, 0.3) is 5.57 Å². The molecule has 2 aromatic heterocycles. The number of hydrogen-bond donors (Lipinski definition) is 2. The van der Waals surface area contributed by atoms with Gasteiger partial charge in [-0.1, -0.05) is 26.0 Å². The molecule has 8 heteroatoms. The van der Waals surface area contributed by atoms with Crippen LogP contribution in [0.4, 0.5) is 0 Å². The molecule has 3 atom stereocenters. The second kappa shape index (κ2) is 9.29. The summed E-state index contributed by atoms with van der Waals surface area (Å²) in [6.07, 6.45) is -1.43. The number of aliphatic carboxylic acids is 1. The molecule has 36 heavy (non-hydrogen) atoms. The first-order valence-corrected chi connectivity index (χ1v) is 11.9. The molecule has 8 nitrogen and oxygen atoms in total. The highest BCUT2D eigenvalue weighted by atomic mass is 16.5. The number of carbonyl (C=O) groups excluding carboxylic acids is 1. The largest absolute Gasteiger partial charge is 0.479 e. The van der Waals surface area contributed by atoms with Gasteiger partial charge in [0.15, 0.2) is 11.4 Å². The fraction of sp³-hybridized carbons (Fsp3) is 0.536. The number of carboxylic acid groups (broad SMARTS) is 1. The summed E-state index contributed by atoms with van der Waals surface area (Å²) in [5, 5.41) is 19.0. The lowest BCUT2D eigenvalue weighted by Gasteiger charge is -2.44. The van der Waals surface area contributed by atoms with Gasteiger partial charge in [-0.15, -0.1) is 0 Å². The second-order valence-corrected chi connectivity index (χ2v) is 11.1. The van der Waals surface area contributed by atoms with Gasteiger partial charge in [-0.3, -0.25) is 9.78 Å². The van der Waals surface area contributed by atoms with Crippen LogP contribution < -0.4 is 0 Å². The minimum Gasteiger partial charge on any atom is -0.479 e. The Morgan fingerprint density at radius 1 is 1.31 bits per heavy atom. The highest BCUT2D eigenvalue weighted by molar-refractivity contribution is 5.95. The maximum atomic E-state index is 13.1. The predicted molar refractivity (Wildman–Crippen MR) is 134 cm³/mol. The average Bonchev–Trinajstić information content (AvgIpc) is 3.31. The molecule has 3 heterocycles. The van der Waals surface area contributed by atoms with Crippen LogP contribution in [0.3, 0.4) is 0 Å². The molecular formula is C28H34N4O4. The van der Waals surface area contributed by atoms with E-state index in [0.29, 0.717) is 17.7 Å². The van der Waals surface area contributed by atoms with Gasteiger partial charge in [0.2, 0.25) is 5.78 Å². The lowest BCUT2D eigenvalue weighted by Crippen LogP contribution is -2.51. The smallest absolute Gasteiger partial charge is 0.335 e. The maximum absolute atomic E-state index is 13.1. The summed E-state index contributed by atoms with van der Waals surface area (Å²) >= 11 is 0. The van der Waals surface area contributed by atoms with Gasteiger partial charge in [0.05, 0.1) is 18.9 Å². The fourth-order valence-electron chi connectivity index (χ4n) is 4.87. The number of imidazole rings is 1. The first kappa shape index (κ1) is 20.8. The topological polar surface area (TPSA) is 129 Å². The monoisotopic (exact) mass is 494 g/mol. The number of rotatable bonds is 6. The van der Waals surface area contributed by atoms with Crippen molar-refractivity contribution in [3.63, 3.8) is 0 Å². The van der Waals surface area contributed by atoms with Crippen LogP contribution in [0.15, 0.2) is 24.4 Å². The molecule has 2 aliphatic rings. The number of carbonyl (C=O) groups is 2. The van der Waals surface area contributed by atoms with E-state index >= 15 is 0 Å². The molecule has 1 aliphatic carbocycles. The zero-order valence-electron chi connectivity index (χ0n) is 25.2. The Kier molecular flexibility index (Phi) is 5.38. The molecule has 1 saturated heterocycles. The summed E-state index contributed by atoms with van der Waals surface area (Å²) in [6.45, 7) is 8.65. The van der Waals surface area contributed by atoms with E-state index in [0.717, 1.165) is 0 Å². The minimum absolute atomic E-state index is 0.0176. The molecule has 0 spiro atoms. The third-order valence-electron chi connectivity index (χ3n) is 6.62. The van der Waals surface area contributed by atoms with Gasteiger partial charge in [0, 0.05) is 22.1 Å². The van der Waals surface area contributed by atoms with Gasteiger partial charge in [-0.05, 0) is 75.4 Å². The molecule has 0 amide bonds. The van der Waals surface area contributed by atoms with Crippen LogP contribution in [0, 0.1) is 16.7 Å². The van der Waals surface area contributed by atoms with E-state index < -0.39 is 41.1 Å². The number of aromatic amines is 1. The molecule has 1 fully saturated rings. The van der Waals surface area contributed by atoms with Crippen molar-refractivity contribution in [3.8, 4) is 6.07 Å². The molecule has 4 rings (SSSR count). The Balaban J connectivity index is 1.86. The van der Waals surface area contributed by atoms with E-state index in [1.807, 2.05) is 19.9 Å². The lowest BCUT2D eigenvalue weighted by molar-refractivity contribution is -0.200. The van der Waals surface area contributed by atoms with Crippen molar-refractivity contribution in [1.29, 1.82) is 5.26 Å². The summed E-state index contributed by atoms with van der Waals surface area (Å²) in [6, 6.07) is 5.04. The predicted octanol–water partition coefficient (Wildman–Crippen LogP) is 5.21. The molecule has 190 valence electrons. The molecule has 0 aromatic carbocycles. The van der Waals surface area contributed by atoms with Crippen LogP contribution in [0.2, 0.25) is 0 Å². The van der Waals surface area contributed by atoms with Gasteiger partial charge in [-0.25, -0.2) is 9.78 Å². The number of Topliss-reactive ketones (excluding diaryl/α,β-unsaturated/α-hetero) is 1. The first-order chi connectivity index (χ1) is 18.4. The van der Waals surface area contributed by atoms with Crippen LogP contribution in [-0.2, 0) is 16.0 Å². The summed E-state index contributed by atoms with van der Waals surface area (Å²) in [5.41, 5.74) is -1.99. The van der Waals surface area contributed by atoms with Crippen molar-refractivity contribution in [2.24, 2.45) is 5.41 Å². The Morgan fingerprint density at radius 3 is 2.72 bits per heavy atom. The molecule has 2 aromatic rings. The van der Waals surface area contributed by atoms with Crippen LogP contribution in [0.1, 0.15) is 111 Å². The van der Waals surface area contributed by atoms with Crippen LogP contribution in [-0.4, -0.2) is 43.0 Å². The van der Waals surface area contributed by atoms with Gasteiger partial charge in [-0.2, -0.15) is 5.26 Å². The molecular weight excluding hydrogens is 456 g/mol. The SMILES string of the molecule is [2H]C1=C(c2nc(C3CC(C)(C)OC(C)(C(=O)O)C3)ccc2CC(=O)c2ncc(C#N)[nH]2)C([2H])([2H])CC(C)(C)C1[2H]. The van der Waals surface area contributed by atoms with Crippen molar-refractivity contribution < 1.29 is 24.9 Å². The number of ether oxygens (including phenoxy) is 1. The number of nitrogens with one attached hydrogen (secondary N) is 1. The molecule has 0 bridgehead atoms. The van der Waals surface area contributed by atoms with Gasteiger partial charge >= 0.3 is 5.97 Å². The quantitative estimate of drug-likeness (QED) is 0.527. The second-order valence-electron chi connectivity index (χ2n) is 11.1. The zero-order chi connectivity index (χ0) is 29.8. The third-order valence-corrected chi connectivity index (χ3v) is 6.62. The van der Waals surface area contributed by atoms with Crippen molar-refractivity contribution in [3.05, 3.63) is 52.9 Å². The Bertz CT molecular complexity index is 1440. The van der Waals surface area contributed by atoms with E-state index in [1.165, 1.54) is 13.1 Å². The molecule has 3 unspecified atom stereocenters. The first-order valence-electron chi connectivity index (χ1n) is 14.0. The minimum atomic E-state index is -2.01. The number of pyridine rings is 1. The van der Waals surface area contributed by atoms with Crippen molar-refractivity contribution in [2.45, 2.75) is 90.2 Å². The molecule has 1 aliphatic heterocycles. The number of allylic oxidation sites excluding steroid dienone is 2. The number of nitriles is 1. The highest BCUT2D eigenvalue weighted by Crippen LogP contribution is 2.44. The average molecular weight is 495 g/mol. The molecule has 2 N–H and O–H groups in total. The third kappa shape index (κ3) is 5.41. The number of aromatic nitrogens is 3. The summed E-state index contributed by atoms with van der Waals surface area (Å²) < 4.78 is 41.2. The normalized spacial score (nSPS) is 30.3. The number of ketones is 1. The number of hydrogen-bond acceptors (Lipinski definition) is 6. The molecule has 0 radical (unpaired) electrons. The van der Waals surface area contributed by atoms with E-state index in [1.54, 1.807) is 26.0 Å². The summed E-state index contributed by atoms with van der Waals surface area (Å²) in [7, 11) is 0. The standard InChI is InChI=1S/C28H34N4O4/c1-26(2)10-8-17(9-11-26)23-18(12-22(33)24-30-16-20(15-29)31-24)6-7-21(32-23)19-13-27(3,4)36-28(5,14-19)25(34)35/h6-8,16,19H,9-14H2,1-5H3,(H,30,31)(H,34,35)/i8D,9D2,10D. The number of nitrogens with zero attached hydrogens (tertiary/aromatic N) is 3. The van der Waals surface area contributed by atoms with Gasteiger partial charge < -0.3 is 14.8 Å². The van der Waals surface area contributed by atoms with Gasteiger partial charge in [0.1, 0.15) is 11.8 Å². The molecule has 0 saturated carbocycles. The lowest BCUT2D eigenvalue weighted by atomic mass is 9.76. The maximum Gasteiger partial charge on any atom is 0.335 e. The fourth-order valence-corrected chi connectivity index (χ4v) is 4.87. The van der Waals surface area contributed by atoms with Crippen molar-refractivity contribution in [1.82, 2.24) is 15.0 Å². The Labute approximate surface area is 217 Å². The van der Waals surface area contributed by atoms with E-state index in [2.05, 4.69) is 9.97 Å². The van der Waals surface area contributed by atoms with Crippen molar-refractivity contribution in [2.75, 3.05) is 0 Å². The van der Waals surface area contributed by atoms with Crippen LogP contribution >= 0.6 is 0 Å². The van der Waals surface area contributed by atoms with Crippen LogP contribution in [0.5, 0.6) is 0 Å². The Hall–Kier alpha value is -3.31. The number of H-pyrrole nitrogens is 1. The van der Waals surface area contributed by atoms with Crippen molar-refractivity contribution >= 4 is 17.3 Å². The van der Waals surface area contributed by atoms with E-state index in [-0.39, 0.29) is 54.0 Å². The Morgan fingerprint density at radius 2 is 2.06 bits per heavy atom. The van der Waals surface area contributed by atoms with E-state index in [4.69, 9.17) is 20.5 Å². The van der Waals surface area contributed by atoms with E-state index in [9.17, 15) is 14.7 Å². The number of carboxylic acids is 1. The van der Waals surface area contributed by atoms with Gasteiger partial charge in [0.25, 0.3) is 0 Å². The highest BCUT2D eigenvalue weighted by Gasteiger charge is 2.48. The zero-order valence-corrected chi connectivity index (χ0v) is 21.2. The summed E-state index contributed by atoms with van der Waals surface area (Å²) in [5.74, 6) is -1.93.